The summed E-state index contributed by atoms with van der Waals surface area (Å²) in [6.45, 7) is 1.34. The molecule has 0 radical (unpaired) electrons. The van der Waals surface area contributed by atoms with E-state index in [1.807, 2.05) is 35.2 Å². The lowest BCUT2D eigenvalue weighted by atomic mass is 10.1. The van der Waals surface area contributed by atoms with E-state index in [4.69, 9.17) is 0 Å². The minimum Gasteiger partial charge on any atom is -0.340 e. The number of nitrogens with zero attached hydrogens (tertiary/aromatic N) is 5. The number of carbonyl (C=O) groups is 1. The Morgan fingerprint density at radius 2 is 1.87 bits per heavy atom. The van der Waals surface area contributed by atoms with Gasteiger partial charge in [0.15, 0.2) is 0 Å². The Kier molecular flexibility index (Phi) is 3.48. The summed E-state index contributed by atoms with van der Waals surface area (Å²) in [7, 11) is 0. The Bertz CT molecular complexity index is 762. The normalized spacial score (nSPS) is 21.4. The van der Waals surface area contributed by atoms with Gasteiger partial charge in [0.2, 0.25) is 5.91 Å². The van der Waals surface area contributed by atoms with Crippen LogP contribution in [0.25, 0.3) is 5.69 Å². The Hall–Kier alpha value is -2.44. The Morgan fingerprint density at radius 3 is 2.61 bits per heavy atom. The van der Waals surface area contributed by atoms with Crippen molar-refractivity contribution in [3.05, 3.63) is 40.8 Å². The minimum atomic E-state index is -0.248. The fourth-order valence-electron chi connectivity index (χ4n) is 3.16. The van der Waals surface area contributed by atoms with E-state index in [1.54, 1.807) is 0 Å². The number of para-hydroxylation sites is 1. The van der Waals surface area contributed by atoms with Crippen molar-refractivity contribution < 1.29 is 4.79 Å². The van der Waals surface area contributed by atoms with E-state index in [9.17, 15) is 9.59 Å². The summed E-state index contributed by atoms with van der Waals surface area (Å²) in [6, 6.07) is 9.17. The Balaban J connectivity index is 1.57. The molecule has 2 fully saturated rings. The van der Waals surface area contributed by atoms with Crippen LogP contribution in [-0.4, -0.2) is 43.7 Å². The molecule has 0 unspecified atom stereocenters. The van der Waals surface area contributed by atoms with E-state index in [0.29, 0.717) is 12.2 Å². The van der Waals surface area contributed by atoms with Crippen LogP contribution in [0.2, 0.25) is 0 Å². The van der Waals surface area contributed by atoms with Gasteiger partial charge in [0.1, 0.15) is 0 Å². The van der Waals surface area contributed by atoms with Gasteiger partial charge in [0, 0.05) is 19.0 Å². The van der Waals surface area contributed by atoms with Crippen molar-refractivity contribution in [1.82, 2.24) is 24.7 Å². The number of amides is 1. The second kappa shape index (κ2) is 5.64. The molecule has 1 aliphatic heterocycles. The summed E-state index contributed by atoms with van der Waals surface area (Å²) in [6.07, 6.45) is 3.75. The van der Waals surface area contributed by atoms with E-state index in [-0.39, 0.29) is 23.6 Å². The van der Waals surface area contributed by atoms with Gasteiger partial charge in [-0.3, -0.25) is 4.79 Å². The molecule has 1 aromatic carbocycles. The molecular weight excluding hydrogens is 294 g/mol. The topological polar surface area (TPSA) is 73.0 Å². The molecule has 2 heterocycles. The Morgan fingerprint density at radius 1 is 1.09 bits per heavy atom. The van der Waals surface area contributed by atoms with Gasteiger partial charge in [0.05, 0.1) is 11.7 Å². The number of benzene rings is 1. The van der Waals surface area contributed by atoms with Crippen LogP contribution in [0, 0.1) is 5.92 Å². The smallest absolute Gasteiger partial charge is 0.340 e. The van der Waals surface area contributed by atoms with Crippen molar-refractivity contribution in [3.63, 3.8) is 0 Å². The third-order valence-corrected chi connectivity index (χ3v) is 4.58. The molecule has 0 spiro atoms. The molecular formula is C16H19N5O2. The summed E-state index contributed by atoms with van der Waals surface area (Å²) < 4.78 is 2.74. The number of likely N-dealkylation sites (tertiary alicyclic amines) is 1. The highest BCUT2D eigenvalue weighted by atomic mass is 16.2. The first-order chi connectivity index (χ1) is 11.2. The lowest BCUT2D eigenvalue weighted by molar-refractivity contribution is -0.134. The summed E-state index contributed by atoms with van der Waals surface area (Å²) >= 11 is 0. The zero-order valence-electron chi connectivity index (χ0n) is 12.8. The molecule has 2 aromatic rings. The average molecular weight is 313 g/mol. The van der Waals surface area contributed by atoms with Gasteiger partial charge in [-0.1, -0.05) is 18.2 Å². The molecule has 1 aliphatic carbocycles. The van der Waals surface area contributed by atoms with Gasteiger partial charge in [-0.05, 0) is 48.2 Å². The van der Waals surface area contributed by atoms with Crippen molar-refractivity contribution in [2.45, 2.75) is 31.7 Å². The first kappa shape index (κ1) is 14.2. The molecule has 0 bridgehead atoms. The fourth-order valence-corrected chi connectivity index (χ4v) is 3.16. The van der Waals surface area contributed by atoms with Crippen LogP contribution in [0.3, 0.4) is 0 Å². The van der Waals surface area contributed by atoms with Crippen LogP contribution >= 0.6 is 0 Å². The average Bonchev–Trinajstić information content (AvgIpc) is 3.37. The van der Waals surface area contributed by atoms with Gasteiger partial charge in [-0.15, -0.1) is 0 Å². The van der Waals surface area contributed by atoms with E-state index in [1.165, 1.54) is 9.36 Å². The van der Waals surface area contributed by atoms with Gasteiger partial charge >= 0.3 is 5.69 Å². The first-order valence-corrected chi connectivity index (χ1v) is 8.13. The number of rotatable bonds is 3. The zero-order chi connectivity index (χ0) is 15.8. The molecule has 23 heavy (non-hydrogen) atoms. The number of aromatic nitrogens is 4. The van der Waals surface area contributed by atoms with E-state index >= 15 is 0 Å². The second-order valence-corrected chi connectivity index (χ2v) is 6.31. The minimum absolute atomic E-state index is 0.0867. The van der Waals surface area contributed by atoms with Crippen molar-refractivity contribution >= 4 is 5.91 Å². The van der Waals surface area contributed by atoms with Crippen molar-refractivity contribution in [3.8, 4) is 5.69 Å². The summed E-state index contributed by atoms with van der Waals surface area (Å²) in [5.74, 6) is 0.448. The van der Waals surface area contributed by atoms with Gasteiger partial charge in [-0.2, -0.15) is 9.36 Å². The summed E-state index contributed by atoms with van der Waals surface area (Å²) in [4.78, 5) is 26.7. The number of hydrogen-bond acceptors (Lipinski definition) is 4. The van der Waals surface area contributed by atoms with Crippen molar-refractivity contribution in [2.75, 3.05) is 13.1 Å². The van der Waals surface area contributed by atoms with Crippen molar-refractivity contribution in [1.29, 1.82) is 0 Å². The van der Waals surface area contributed by atoms with E-state index in [0.717, 1.165) is 32.2 Å². The number of piperidine rings is 1. The van der Waals surface area contributed by atoms with Crippen LogP contribution in [0.4, 0.5) is 0 Å². The zero-order valence-corrected chi connectivity index (χ0v) is 12.8. The molecule has 1 saturated heterocycles. The van der Waals surface area contributed by atoms with E-state index < -0.39 is 0 Å². The monoisotopic (exact) mass is 313 g/mol. The number of tetrazole rings is 1. The molecule has 1 atom stereocenters. The van der Waals surface area contributed by atoms with Gasteiger partial charge in [0.25, 0.3) is 0 Å². The lowest BCUT2D eigenvalue weighted by Gasteiger charge is -2.32. The molecule has 2 aliphatic rings. The fraction of sp³-hybridized carbons (Fsp3) is 0.500. The first-order valence-electron chi connectivity index (χ1n) is 8.13. The molecule has 7 nitrogen and oxygen atoms in total. The molecule has 0 N–H and O–H groups in total. The molecule has 1 aromatic heterocycles. The predicted molar refractivity (Wildman–Crippen MR) is 83.2 cm³/mol. The molecule has 1 saturated carbocycles. The maximum Gasteiger partial charge on any atom is 0.368 e. The Labute approximate surface area is 133 Å². The van der Waals surface area contributed by atoms with Crippen LogP contribution in [0.5, 0.6) is 0 Å². The van der Waals surface area contributed by atoms with Crippen LogP contribution in [0.15, 0.2) is 35.1 Å². The third kappa shape index (κ3) is 2.67. The molecule has 120 valence electrons. The molecule has 1 amide bonds. The summed E-state index contributed by atoms with van der Waals surface area (Å²) in [5, 5.41) is 8.04. The van der Waals surface area contributed by atoms with Crippen LogP contribution in [-0.2, 0) is 4.79 Å². The van der Waals surface area contributed by atoms with Crippen molar-refractivity contribution in [2.24, 2.45) is 5.92 Å². The maximum absolute atomic E-state index is 12.6. The SMILES string of the molecule is O=C(C1CC1)N1CCC[C@@H](n2nnn(-c3ccccc3)c2=O)C1. The number of carbonyl (C=O) groups excluding carboxylic acids is 1. The molecule has 4 rings (SSSR count). The standard InChI is InChI=1S/C16H19N5O2/c22-15(12-8-9-12)19-10-4-7-14(11-19)21-16(23)20(17-18-21)13-5-2-1-3-6-13/h1-3,5-6,12,14H,4,7-11H2/t14-/m1/s1. The third-order valence-electron chi connectivity index (χ3n) is 4.58. The number of hydrogen-bond donors (Lipinski definition) is 0. The van der Waals surface area contributed by atoms with Crippen LogP contribution < -0.4 is 5.69 Å². The molecule has 7 heteroatoms. The highest BCUT2D eigenvalue weighted by Crippen LogP contribution is 2.32. The predicted octanol–water partition coefficient (Wildman–Crippen LogP) is 1.00. The summed E-state index contributed by atoms with van der Waals surface area (Å²) in [5.41, 5.74) is 0.451. The highest BCUT2D eigenvalue weighted by molar-refractivity contribution is 5.81. The largest absolute Gasteiger partial charge is 0.368 e. The highest BCUT2D eigenvalue weighted by Gasteiger charge is 2.36. The van der Waals surface area contributed by atoms with Gasteiger partial charge < -0.3 is 4.90 Å². The lowest BCUT2D eigenvalue weighted by Crippen LogP contribution is -2.43. The second-order valence-electron chi connectivity index (χ2n) is 6.31. The van der Waals surface area contributed by atoms with Crippen LogP contribution in [0.1, 0.15) is 31.7 Å². The maximum atomic E-state index is 12.6. The quantitative estimate of drug-likeness (QED) is 0.847. The van der Waals surface area contributed by atoms with Gasteiger partial charge in [-0.25, -0.2) is 4.79 Å². The van der Waals surface area contributed by atoms with E-state index in [2.05, 4.69) is 10.4 Å².